The molecule has 0 fully saturated rings. The first-order chi connectivity index (χ1) is 8.51. The van der Waals surface area contributed by atoms with Crippen molar-refractivity contribution in [3.63, 3.8) is 0 Å². The topological polar surface area (TPSA) is 87.4 Å². The van der Waals surface area contributed by atoms with Crippen LogP contribution in [0.25, 0.3) is 0 Å². The predicted octanol–water partition coefficient (Wildman–Crippen LogP) is 2.07. The van der Waals surface area contributed by atoms with Crippen LogP contribution < -0.4 is 10.6 Å². The molecular formula is C12H19N3O3. The van der Waals surface area contributed by atoms with Gasteiger partial charge in [0, 0.05) is 7.05 Å². The summed E-state index contributed by atoms with van der Waals surface area (Å²) in [6.07, 6.45) is 0. The summed E-state index contributed by atoms with van der Waals surface area (Å²) < 4.78 is 0. The molecule has 0 spiro atoms. The van der Waals surface area contributed by atoms with Crippen molar-refractivity contribution in [3.8, 4) is 0 Å². The molecule has 0 aliphatic rings. The van der Waals surface area contributed by atoms with Gasteiger partial charge in [-0.05, 0) is 18.1 Å². The van der Waals surface area contributed by atoms with Gasteiger partial charge in [-0.15, -0.1) is 0 Å². The SMILES string of the molecule is CNc1cccc(NC(CO)C(C)C)c1[N+](=O)[O-]. The van der Waals surface area contributed by atoms with Gasteiger partial charge in [0.15, 0.2) is 0 Å². The molecule has 0 radical (unpaired) electrons. The zero-order valence-corrected chi connectivity index (χ0v) is 10.8. The van der Waals surface area contributed by atoms with Crippen molar-refractivity contribution in [2.45, 2.75) is 19.9 Å². The fourth-order valence-electron chi connectivity index (χ4n) is 1.68. The molecule has 0 aromatic heterocycles. The summed E-state index contributed by atoms with van der Waals surface area (Å²) in [6, 6.07) is 4.81. The molecule has 6 nitrogen and oxygen atoms in total. The van der Waals surface area contributed by atoms with Gasteiger partial charge in [-0.1, -0.05) is 19.9 Å². The number of hydrogen-bond acceptors (Lipinski definition) is 5. The number of nitrogens with zero attached hydrogens (tertiary/aromatic N) is 1. The second-order valence-corrected chi connectivity index (χ2v) is 4.39. The standard InChI is InChI=1S/C12H19N3O3/c1-8(2)11(7-16)14-10-6-4-5-9(13-3)12(10)15(17)18/h4-6,8,11,13-14,16H,7H2,1-3H3. The summed E-state index contributed by atoms with van der Waals surface area (Å²) >= 11 is 0. The lowest BCUT2D eigenvalue weighted by molar-refractivity contribution is -0.383. The molecule has 6 heteroatoms. The Hall–Kier alpha value is -1.82. The Morgan fingerprint density at radius 1 is 1.39 bits per heavy atom. The highest BCUT2D eigenvalue weighted by Gasteiger charge is 2.22. The molecule has 0 saturated heterocycles. The van der Waals surface area contributed by atoms with Gasteiger partial charge in [-0.3, -0.25) is 10.1 Å². The van der Waals surface area contributed by atoms with Crippen LogP contribution in [-0.4, -0.2) is 29.7 Å². The first-order valence-electron chi connectivity index (χ1n) is 5.83. The molecule has 100 valence electrons. The molecular weight excluding hydrogens is 234 g/mol. The third kappa shape index (κ3) is 3.10. The van der Waals surface area contributed by atoms with E-state index in [1.165, 1.54) is 0 Å². The minimum atomic E-state index is -0.428. The number of hydrogen-bond donors (Lipinski definition) is 3. The van der Waals surface area contributed by atoms with E-state index in [9.17, 15) is 15.2 Å². The fourth-order valence-corrected chi connectivity index (χ4v) is 1.68. The number of nitro benzene ring substituents is 1. The lowest BCUT2D eigenvalue weighted by Gasteiger charge is -2.21. The third-order valence-corrected chi connectivity index (χ3v) is 2.83. The second-order valence-electron chi connectivity index (χ2n) is 4.39. The molecule has 1 aromatic carbocycles. The minimum Gasteiger partial charge on any atom is -0.394 e. The molecule has 0 saturated carbocycles. The summed E-state index contributed by atoms with van der Waals surface area (Å²) in [5.41, 5.74) is 0.865. The van der Waals surface area contributed by atoms with Crippen molar-refractivity contribution in [3.05, 3.63) is 28.3 Å². The van der Waals surface area contributed by atoms with Crippen molar-refractivity contribution in [1.29, 1.82) is 0 Å². The van der Waals surface area contributed by atoms with E-state index in [-0.39, 0.29) is 24.3 Å². The Balaban J connectivity index is 3.12. The van der Waals surface area contributed by atoms with E-state index in [1.807, 2.05) is 13.8 Å². The Kier molecular flexibility index (Phi) is 4.91. The number of nitro groups is 1. The van der Waals surface area contributed by atoms with Crippen molar-refractivity contribution in [1.82, 2.24) is 0 Å². The van der Waals surface area contributed by atoms with E-state index in [1.54, 1.807) is 25.2 Å². The van der Waals surface area contributed by atoms with Crippen LogP contribution >= 0.6 is 0 Å². The maximum absolute atomic E-state index is 11.1. The largest absolute Gasteiger partial charge is 0.394 e. The Morgan fingerprint density at radius 2 is 2.00 bits per heavy atom. The van der Waals surface area contributed by atoms with Gasteiger partial charge in [0.2, 0.25) is 0 Å². The van der Waals surface area contributed by atoms with E-state index in [4.69, 9.17) is 0 Å². The minimum absolute atomic E-state index is 0.000833. The Labute approximate surface area is 106 Å². The van der Waals surface area contributed by atoms with Crippen molar-refractivity contribution < 1.29 is 10.0 Å². The van der Waals surface area contributed by atoms with E-state index >= 15 is 0 Å². The van der Waals surface area contributed by atoms with Gasteiger partial charge in [-0.25, -0.2) is 0 Å². The van der Waals surface area contributed by atoms with Gasteiger partial charge in [0.1, 0.15) is 11.4 Å². The molecule has 0 bridgehead atoms. The highest BCUT2D eigenvalue weighted by atomic mass is 16.6. The number of rotatable bonds is 6. The molecule has 3 N–H and O–H groups in total. The average Bonchev–Trinajstić information content (AvgIpc) is 2.34. The number of para-hydroxylation sites is 1. The molecule has 0 aliphatic heterocycles. The van der Waals surface area contributed by atoms with Crippen LogP contribution in [0.15, 0.2) is 18.2 Å². The van der Waals surface area contributed by atoms with Gasteiger partial charge < -0.3 is 15.7 Å². The van der Waals surface area contributed by atoms with Crippen LogP contribution in [0.4, 0.5) is 17.1 Å². The number of nitrogens with one attached hydrogen (secondary N) is 2. The Morgan fingerprint density at radius 3 is 2.44 bits per heavy atom. The first kappa shape index (κ1) is 14.2. The van der Waals surface area contributed by atoms with Gasteiger partial charge >= 0.3 is 5.69 Å². The fraction of sp³-hybridized carbons (Fsp3) is 0.500. The predicted molar refractivity (Wildman–Crippen MR) is 72.0 cm³/mol. The third-order valence-electron chi connectivity index (χ3n) is 2.83. The quantitative estimate of drug-likeness (QED) is 0.533. The molecule has 1 rings (SSSR count). The number of aliphatic hydroxyl groups excluding tert-OH is 1. The first-order valence-corrected chi connectivity index (χ1v) is 5.83. The summed E-state index contributed by atoms with van der Waals surface area (Å²) in [4.78, 5) is 10.7. The van der Waals surface area contributed by atoms with Crippen LogP contribution in [0.3, 0.4) is 0 Å². The van der Waals surface area contributed by atoms with Crippen molar-refractivity contribution >= 4 is 17.1 Å². The van der Waals surface area contributed by atoms with Gasteiger partial charge in [-0.2, -0.15) is 0 Å². The van der Waals surface area contributed by atoms with Crippen molar-refractivity contribution in [2.75, 3.05) is 24.3 Å². The summed E-state index contributed by atoms with van der Waals surface area (Å²) in [5.74, 6) is 0.174. The smallest absolute Gasteiger partial charge is 0.315 e. The lowest BCUT2D eigenvalue weighted by atomic mass is 10.0. The number of aliphatic hydroxyl groups is 1. The molecule has 1 atom stereocenters. The van der Waals surface area contributed by atoms with Crippen LogP contribution in [0, 0.1) is 16.0 Å². The van der Waals surface area contributed by atoms with E-state index in [2.05, 4.69) is 10.6 Å². The van der Waals surface area contributed by atoms with Crippen LogP contribution in [0.5, 0.6) is 0 Å². The number of anilines is 2. The van der Waals surface area contributed by atoms with Crippen LogP contribution in [0.2, 0.25) is 0 Å². The monoisotopic (exact) mass is 253 g/mol. The maximum Gasteiger partial charge on any atom is 0.315 e. The normalized spacial score (nSPS) is 12.3. The average molecular weight is 253 g/mol. The molecule has 1 unspecified atom stereocenters. The molecule has 1 aromatic rings. The zero-order valence-electron chi connectivity index (χ0n) is 10.8. The molecule has 0 heterocycles. The van der Waals surface area contributed by atoms with Crippen LogP contribution in [0.1, 0.15) is 13.8 Å². The summed E-state index contributed by atoms with van der Waals surface area (Å²) in [7, 11) is 1.64. The maximum atomic E-state index is 11.1. The lowest BCUT2D eigenvalue weighted by Crippen LogP contribution is -2.29. The highest BCUT2D eigenvalue weighted by molar-refractivity contribution is 5.76. The van der Waals surface area contributed by atoms with Gasteiger partial charge in [0.25, 0.3) is 0 Å². The zero-order chi connectivity index (χ0) is 13.7. The van der Waals surface area contributed by atoms with E-state index in [0.717, 1.165) is 0 Å². The van der Waals surface area contributed by atoms with E-state index in [0.29, 0.717) is 11.4 Å². The second kappa shape index (κ2) is 6.20. The highest BCUT2D eigenvalue weighted by Crippen LogP contribution is 2.33. The van der Waals surface area contributed by atoms with Crippen molar-refractivity contribution in [2.24, 2.45) is 5.92 Å². The Bertz CT molecular complexity index is 421. The molecule has 0 amide bonds. The van der Waals surface area contributed by atoms with E-state index < -0.39 is 4.92 Å². The number of benzene rings is 1. The molecule has 0 aliphatic carbocycles. The molecule has 18 heavy (non-hydrogen) atoms. The van der Waals surface area contributed by atoms with Gasteiger partial charge in [0.05, 0.1) is 17.6 Å². The summed E-state index contributed by atoms with van der Waals surface area (Å²) in [5, 5.41) is 26.2. The summed E-state index contributed by atoms with van der Waals surface area (Å²) in [6.45, 7) is 3.82. The van der Waals surface area contributed by atoms with Crippen LogP contribution in [-0.2, 0) is 0 Å².